The van der Waals surface area contributed by atoms with Gasteiger partial charge in [0.1, 0.15) is 0 Å². The number of nitrogens with zero attached hydrogens (tertiary/aromatic N) is 1. The normalized spacial score (nSPS) is 20.5. The summed E-state index contributed by atoms with van der Waals surface area (Å²) < 4.78 is 0. The van der Waals surface area contributed by atoms with Crippen molar-refractivity contribution in [1.29, 1.82) is 0 Å². The number of benzene rings is 1. The Morgan fingerprint density at radius 2 is 1.83 bits per heavy atom. The molecule has 0 aliphatic carbocycles. The average Bonchev–Trinajstić information content (AvgIpc) is 2.58. The summed E-state index contributed by atoms with van der Waals surface area (Å²) >= 11 is 0. The molecule has 1 fully saturated rings. The van der Waals surface area contributed by atoms with Crippen molar-refractivity contribution in [1.82, 2.24) is 4.90 Å². The maximum atomic E-state index is 12.3. The van der Waals surface area contributed by atoms with Crippen molar-refractivity contribution in [2.45, 2.75) is 46.1 Å². The van der Waals surface area contributed by atoms with Crippen LogP contribution in [0.3, 0.4) is 0 Å². The highest BCUT2D eigenvalue weighted by molar-refractivity contribution is 5.96. The Bertz CT molecular complexity index is 552. The molecule has 2 atom stereocenters. The molecule has 0 aromatic heterocycles. The molecule has 0 saturated carbocycles. The van der Waals surface area contributed by atoms with Crippen LogP contribution in [0.1, 0.15) is 50.4 Å². The van der Waals surface area contributed by atoms with E-state index >= 15 is 0 Å². The number of anilines is 1. The number of hydrogen-bond donors (Lipinski definition) is 2. The fourth-order valence-electron chi connectivity index (χ4n) is 3.32. The second-order valence-corrected chi connectivity index (χ2v) is 6.58. The van der Waals surface area contributed by atoms with Crippen molar-refractivity contribution in [3.63, 3.8) is 0 Å². The van der Waals surface area contributed by atoms with Gasteiger partial charge in [0.25, 0.3) is 11.8 Å². The highest BCUT2D eigenvalue weighted by atomic mass is 16.2. The number of rotatable bonds is 6. The predicted molar refractivity (Wildman–Crippen MR) is 96.3 cm³/mol. The van der Waals surface area contributed by atoms with E-state index in [1.807, 2.05) is 26.0 Å². The van der Waals surface area contributed by atoms with Gasteiger partial charge in [-0.2, -0.15) is 0 Å². The van der Waals surface area contributed by atoms with Gasteiger partial charge in [0.05, 0.1) is 12.6 Å². The molecular formula is C19H30N3O2+. The minimum Gasteiger partial charge on any atom is -0.339 e. The van der Waals surface area contributed by atoms with Crippen molar-refractivity contribution in [3.8, 4) is 0 Å². The second-order valence-electron chi connectivity index (χ2n) is 6.58. The Morgan fingerprint density at radius 3 is 2.42 bits per heavy atom. The van der Waals surface area contributed by atoms with Crippen LogP contribution in [0.15, 0.2) is 24.3 Å². The van der Waals surface area contributed by atoms with Crippen molar-refractivity contribution in [2.24, 2.45) is 0 Å². The molecule has 5 heteroatoms. The third kappa shape index (κ3) is 4.81. The highest BCUT2D eigenvalue weighted by Gasteiger charge is 2.24. The molecule has 0 radical (unpaired) electrons. The van der Waals surface area contributed by atoms with Crippen molar-refractivity contribution in [2.75, 3.05) is 31.5 Å². The molecule has 1 aliphatic heterocycles. The van der Waals surface area contributed by atoms with Crippen LogP contribution < -0.4 is 10.2 Å². The first-order valence-corrected chi connectivity index (χ1v) is 9.08. The van der Waals surface area contributed by atoms with Crippen LogP contribution >= 0.6 is 0 Å². The third-order valence-corrected chi connectivity index (χ3v) is 4.94. The Kier molecular flexibility index (Phi) is 6.79. The molecule has 1 saturated heterocycles. The summed E-state index contributed by atoms with van der Waals surface area (Å²) in [4.78, 5) is 27.7. The molecule has 2 N–H and O–H groups in total. The van der Waals surface area contributed by atoms with Crippen molar-refractivity contribution >= 4 is 17.5 Å². The van der Waals surface area contributed by atoms with E-state index < -0.39 is 0 Å². The molecule has 1 aromatic carbocycles. The summed E-state index contributed by atoms with van der Waals surface area (Å²) in [6, 6.07) is 7.74. The molecule has 5 nitrogen and oxygen atoms in total. The Balaban J connectivity index is 1.91. The average molecular weight is 332 g/mol. The number of carbonyl (C=O) groups is 2. The van der Waals surface area contributed by atoms with E-state index in [0.29, 0.717) is 31.2 Å². The summed E-state index contributed by atoms with van der Waals surface area (Å²) in [5.41, 5.74) is 1.41. The number of quaternary nitrogens is 1. The van der Waals surface area contributed by atoms with E-state index in [4.69, 9.17) is 0 Å². The standard InChI is InChI=1S/C19H29N3O2/c1-4-21(5-2)19(24)16-9-11-17(12-10-16)20-18(23)14-22-13-7-6-8-15(22)3/h9-12,15H,4-8,13-14H2,1-3H3,(H,20,23)/p+1/t15-/m1/s1. The van der Waals surface area contributed by atoms with Gasteiger partial charge in [-0.25, -0.2) is 0 Å². The first-order chi connectivity index (χ1) is 11.5. The topological polar surface area (TPSA) is 53.9 Å². The van der Waals surface area contributed by atoms with Gasteiger partial charge in [-0.15, -0.1) is 0 Å². The second kappa shape index (κ2) is 8.83. The lowest BCUT2D eigenvalue weighted by Crippen LogP contribution is -3.17. The molecule has 132 valence electrons. The molecular weight excluding hydrogens is 302 g/mol. The number of hydrogen-bond acceptors (Lipinski definition) is 2. The number of likely N-dealkylation sites (tertiary alicyclic amines) is 1. The van der Waals surface area contributed by atoms with E-state index in [0.717, 1.165) is 12.2 Å². The van der Waals surface area contributed by atoms with Crippen LogP contribution in [0.25, 0.3) is 0 Å². The fourth-order valence-corrected chi connectivity index (χ4v) is 3.32. The van der Waals surface area contributed by atoms with Crippen LogP contribution in [-0.2, 0) is 4.79 Å². The van der Waals surface area contributed by atoms with E-state index in [1.54, 1.807) is 17.0 Å². The molecule has 1 aromatic rings. The van der Waals surface area contributed by atoms with Gasteiger partial charge in [0.2, 0.25) is 0 Å². The van der Waals surface area contributed by atoms with Crippen molar-refractivity contribution < 1.29 is 14.5 Å². The summed E-state index contributed by atoms with van der Waals surface area (Å²) in [5, 5.41) is 2.95. The zero-order valence-electron chi connectivity index (χ0n) is 15.1. The summed E-state index contributed by atoms with van der Waals surface area (Å²) in [6.45, 7) is 9.15. The van der Waals surface area contributed by atoms with E-state index in [-0.39, 0.29) is 11.8 Å². The van der Waals surface area contributed by atoms with Gasteiger partial charge in [0, 0.05) is 24.3 Å². The summed E-state index contributed by atoms with van der Waals surface area (Å²) in [5.74, 6) is 0.0750. The minimum absolute atomic E-state index is 0.0319. The van der Waals surface area contributed by atoms with Crippen molar-refractivity contribution in [3.05, 3.63) is 29.8 Å². The zero-order valence-corrected chi connectivity index (χ0v) is 15.1. The Morgan fingerprint density at radius 1 is 1.17 bits per heavy atom. The quantitative estimate of drug-likeness (QED) is 0.831. The van der Waals surface area contributed by atoms with E-state index in [1.165, 1.54) is 24.2 Å². The SMILES string of the molecule is CCN(CC)C(=O)c1ccc(NC(=O)C[NH+]2CCCC[C@H]2C)cc1. The smallest absolute Gasteiger partial charge is 0.279 e. The Hall–Kier alpha value is -1.88. The largest absolute Gasteiger partial charge is 0.339 e. The lowest BCUT2D eigenvalue weighted by atomic mass is 10.0. The van der Waals surface area contributed by atoms with E-state index in [2.05, 4.69) is 12.2 Å². The number of carbonyl (C=O) groups excluding carboxylic acids is 2. The van der Waals surface area contributed by atoms with Crippen LogP contribution in [0.4, 0.5) is 5.69 Å². The first-order valence-electron chi connectivity index (χ1n) is 9.08. The van der Waals surface area contributed by atoms with Gasteiger partial charge < -0.3 is 15.1 Å². The minimum atomic E-state index is 0.0319. The molecule has 1 aliphatic rings. The third-order valence-electron chi connectivity index (χ3n) is 4.94. The first kappa shape index (κ1) is 18.5. The maximum Gasteiger partial charge on any atom is 0.279 e. The highest BCUT2D eigenvalue weighted by Crippen LogP contribution is 2.11. The molecule has 1 heterocycles. The molecule has 2 rings (SSSR count). The number of nitrogens with one attached hydrogen (secondary N) is 2. The lowest BCUT2D eigenvalue weighted by Gasteiger charge is -2.29. The van der Waals surface area contributed by atoms with Gasteiger partial charge in [-0.05, 0) is 64.3 Å². The number of piperidine rings is 1. The summed E-state index contributed by atoms with van der Waals surface area (Å²) in [6.07, 6.45) is 3.67. The molecule has 2 amide bonds. The van der Waals surface area contributed by atoms with Gasteiger partial charge in [-0.1, -0.05) is 0 Å². The predicted octanol–water partition coefficient (Wildman–Crippen LogP) is 1.56. The molecule has 0 spiro atoms. The lowest BCUT2D eigenvalue weighted by molar-refractivity contribution is -0.920. The van der Waals surface area contributed by atoms with Crippen LogP contribution in [0.2, 0.25) is 0 Å². The van der Waals surface area contributed by atoms with Gasteiger partial charge in [0.15, 0.2) is 6.54 Å². The monoisotopic (exact) mass is 332 g/mol. The van der Waals surface area contributed by atoms with Crippen LogP contribution in [0.5, 0.6) is 0 Å². The summed E-state index contributed by atoms with van der Waals surface area (Å²) in [7, 11) is 0. The van der Waals surface area contributed by atoms with Gasteiger partial charge >= 0.3 is 0 Å². The fraction of sp³-hybridized carbons (Fsp3) is 0.579. The van der Waals surface area contributed by atoms with Crippen LogP contribution in [-0.4, -0.2) is 48.9 Å². The molecule has 0 bridgehead atoms. The zero-order chi connectivity index (χ0) is 17.5. The Labute approximate surface area is 145 Å². The van der Waals surface area contributed by atoms with Gasteiger partial charge in [-0.3, -0.25) is 9.59 Å². The van der Waals surface area contributed by atoms with E-state index in [9.17, 15) is 9.59 Å². The molecule has 1 unspecified atom stereocenters. The molecule has 24 heavy (non-hydrogen) atoms. The van der Waals surface area contributed by atoms with Crippen LogP contribution in [0, 0.1) is 0 Å². The maximum absolute atomic E-state index is 12.3. The number of amides is 2.